The molecule has 3 rings (SSSR count). The molecule has 138 valence electrons. The fourth-order valence-electron chi connectivity index (χ4n) is 2.78. The SMILES string of the molecule is NC(=O)Nc1cccc(NC(=O)CCCOc2cccc3ccccc23)c1. The number of hydrogen-bond acceptors (Lipinski definition) is 3. The first-order chi connectivity index (χ1) is 13.1. The summed E-state index contributed by atoms with van der Waals surface area (Å²) in [4.78, 5) is 23.0. The molecule has 4 N–H and O–H groups in total. The van der Waals surface area contributed by atoms with Crippen molar-refractivity contribution < 1.29 is 14.3 Å². The second-order valence-electron chi connectivity index (χ2n) is 6.05. The van der Waals surface area contributed by atoms with E-state index in [1.165, 1.54) is 0 Å². The van der Waals surface area contributed by atoms with Crippen LogP contribution in [0.4, 0.5) is 16.2 Å². The molecular formula is C21H21N3O3. The van der Waals surface area contributed by atoms with Gasteiger partial charge >= 0.3 is 6.03 Å². The summed E-state index contributed by atoms with van der Waals surface area (Å²) in [5.41, 5.74) is 6.21. The fourth-order valence-corrected chi connectivity index (χ4v) is 2.78. The lowest BCUT2D eigenvalue weighted by Gasteiger charge is -2.10. The molecule has 3 aromatic carbocycles. The van der Waals surface area contributed by atoms with Gasteiger partial charge in [0.2, 0.25) is 5.91 Å². The summed E-state index contributed by atoms with van der Waals surface area (Å²) in [5.74, 6) is 0.700. The Bertz CT molecular complexity index is 951. The number of anilines is 2. The van der Waals surface area contributed by atoms with Crippen molar-refractivity contribution in [1.82, 2.24) is 0 Å². The van der Waals surface area contributed by atoms with E-state index in [1.54, 1.807) is 24.3 Å². The van der Waals surface area contributed by atoms with Crippen LogP contribution in [0.5, 0.6) is 5.75 Å². The van der Waals surface area contributed by atoms with Crippen LogP contribution < -0.4 is 21.1 Å². The average Bonchev–Trinajstić information content (AvgIpc) is 2.65. The lowest BCUT2D eigenvalue weighted by molar-refractivity contribution is -0.116. The van der Waals surface area contributed by atoms with Gasteiger partial charge in [0.05, 0.1) is 6.61 Å². The highest BCUT2D eigenvalue weighted by atomic mass is 16.5. The summed E-state index contributed by atoms with van der Waals surface area (Å²) in [6.45, 7) is 0.449. The van der Waals surface area contributed by atoms with E-state index in [0.29, 0.717) is 30.8 Å². The van der Waals surface area contributed by atoms with Gasteiger partial charge in [-0.1, -0.05) is 42.5 Å². The van der Waals surface area contributed by atoms with E-state index < -0.39 is 6.03 Å². The van der Waals surface area contributed by atoms with E-state index in [0.717, 1.165) is 16.5 Å². The summed E-state index contributed by atoms with van der Waals surface area (Å²) in [7, 11) is 0. The van der Waals surface area contributed by atoms with Crippen LogP contribution in [0.1, 0.15) is 12.8 Å². The van der Waals surface area contributed by atoms with Gasteiger partial charge in [0, 0.05) is 23.2 Å². The number of hydrogen-bond donors (Lipinski definition) is 3. The highest BCUT2D eigenvalue weighted by Crippen LogP contribution is 2.25. The summed E-state index contributed by atoms with van der Waals surface area (Å²) in [6.07, 6.45) is 0.923. The van der Waals surface area contributed by atoms with E-state index in [1.807, 2.05) is 42.5 Å². The molecule has 0 atom stereocenters. The average molecular weight is 363 g/mol. The molecule has 0 aromatic heterocycles. The maximum absolute atomic E-state index is 12.1. The Morgan fingerprint density at radius 1 is 0.889 bits per heavy atom. The van der Waals surface area contributed by atoms with E-state index in [9.17, 15) is 9.59 Å². The van der Waals surface area contributed by atoms with Crippen LogP contribution in [0.15, 0.2) is 66.7 Å². The molecular weight excluding hydrogens is 342 g/mol. The lowest BCUT2D eigenvalue weighted by Crippen LogP contribution is -2.19. The third kappa shape index (κ3) is 5.22. The van der Waals surface area contributed by atoms with E-state index >= 15 is 0 Å². The summed E-state index contributed by atoms with van der Waals surface area (Å²) in [6, 6.07) is 20.1. The van der Waals surface area contributed by atoms with Gasteiger partial charge in [0.25, 0.3) is 0 Å². The van der Waals surface area contributed by atoms with Crippen molar-refractivity contribution in [2.45, 2.75) is 12.8 Å². The van der Waals surface area contributed by atoms with Crippen molar-refractivity contribution in [3.05, 3.63) is 66.7 Å². The highest BCUT2D eigenvalue weighted by Gasteiger charge is 2.05. The van der Waals surface area contributed by atoms with Crippen molar-refractivity contribution in [2.75, 3.05) is 17.2 Å². The monoisotopic (exact) mass is 363 g/mol. The molecule has 6 nitrogen and oxygen atoms in total. The maximum atomic E-state index is 12.1. The molecule has 0 spiro atoms. The zero-order valence-corrected chi connectivity index (χ0v) is 14.8. The van der Waals surface area contributed by atoms with Gasteiger partial charge in [0.1, 0.15) is 5.75 Å². The number of fused-ring (bicyclic) bond motifs is 1. The molecule has 0 unspecified atom stereocenters. The number of rotatable bonds is 7. The Morgan fingerprint density at radius 2 is 1.59 bits per heavy atom. The second kappa shape index (κ2) is 8.71. The Morgan fingerprint density at radius 3 is 2.41 bits per heavy atom. The number of ether oxygens (including phenoxy) is 1. The normalized spacial score (nSPS) is 10.4. The van der Waals surface area contributed by atoms with Crippen LogP contribution in [0.3, 0.4) is 0 Å². The van der Waals surface area contributed by atoms with Gasteiger partial charge in [-0.05, 0) is 36.1 Å². The van der Waals surface area contributed by atoms with Gasteiger partial charge in [0.15, 0.2) is 0 Å². The molecule has 6 heteroatoms. The molecule has 3 aromatic rings. The first kappa shape index (κ1) is 18.3. The van der Waals surface area contributed by atoms with Crippen LogP contribution in [0, 0.1) is 0 Å². The van der Waals surface area contributed by atoms with Crippen LogP contribution in [0.25, 0.3) is 10.8 Å². The minimum absolute atomic E-state index is 0.118. The maximum Gasteiger partial charge on any atom is 0.316 e. The summed E-state index contributed by atoms with van der Waals surface area (Å²) < 4.78 is 5.84. The van der Waals surface area contributed by atoms with Crippen molar-refractivity contribution >= 4 is 34.1 Å². The Labute approximate surface area is 157 Å². The number of carbonyl (C=O) groups excluding carboxylic acids is 2. The van der Waals surface area contributed by atoms with Crippen LogP contribution in [-0.2, 0) is 4.79 Å². The van der Waals surface area contributed by atoms with Crippen molar-refractivity contribution in [2.24, 2.45) is 5.73 Å². The van der Waals surface area contributed by atoms with Crippen molar-refractivity contribution in [3.63, 3.8) is 0 Å². The minimum Gasteiger partial charge on any atom is -0.493 e. The summed E-state index contributed by atoms with van der Waals surface area (Å²) in [5, 5.41) is 7.45. The zero-order valence-electron chi connectivity index (χ0n) is 14.8. The number of benzene rings is 3. The molecule has 0 aliphatic rings. The second-order valence-corrected chi connectivity index (χ2v) is 6.05. The number of nitrogens with two attached hydrogens (primary N) is 1. The lowest BCUT2D eigenvalue weighted by atomic mass is 10.1. The fraction of sp³-hybridized carbons (Fsp3) is 0.143. The third-order valence-electron chi connectivity index (χ3n) is 3.97. The highest BCUT2D eigenvalue weighted by molar-refractivity contribution is 5.93. The number of amides is 3. The van der Waals surface area contributed by atoms with Gasteiger partial charge < -0.3 is 21.1 Å². The molecule has 0 heterocycles. The van der Waals surface area contributed by atoms with Crippen LogP contribution >= 0.6 is 0 Å². The molecule has 27 heavy (non-hydrogen) atoms. The number of primary amides is 1. The van der Waals surface area contributed by atoms with Gasteiger partial charge in [-0.15, -0.1) is 0 Å². The first-order valence-corrected chi connectivity index (χ1v) is 8.69. The van der Waals surface area contributed by atoms with E-state index in [4.69, 9.17) is 10.5 Å². The molecule has 0 bridgehead atoms. The molecule has 0 fully saturated rings. The van der Waals surface area contributed by atoms with Gasteiger partial charge in [-0.3, -0.25) is 4.79 Å². The van der Waals surface area contributed by atoms with E-state index in [2.05, 4.69) is 10.6 Å². The van der Waals surface area contributed by atoms with Gasteiger partial charge in [-0.25, -0.2) is 4.79 Å². The molecule has 0 aliphatic heterocycles. The Hall–Kier alpha value is -3.54. The largest absolute Gasteiger partial charge is 0.493 e. The zero-order chi connectivity index (χ0) is 19.1. The van der Waals surface area contributed by atoms with Crippen molar-refractivity contribution in [3.8, 4) is 5.75 Å². The predicted molar refractivity (Wildman–Crippen MR) is 107 cm³/mol. The molecule has 0 saturated heterocycles. The van der Waals surface area contributed by atoms with Crippen molar-refractivity contribution in [1.29, 1.82) is 0 Å². The Kier molecular flexibility index (Phi) is 5.89. The molecule has 0 saturated carbocycles. The standard InChI is InChI=1S/C21H21N3O3/c22-21(26)24-17-9-4-8-16(14-17)23-20(25)12-5-13-27-19-11-3-7-15-6-1-2-10-18(15)19/h1-4,6-11,14H,5,12-13H2,(H,23,25)(H3,22,24,26). The summed E-state index contributed by atoms with van der Waals surface area (Å²) >= 11 is 0. The minimum atomic E-state index is -0.649. The topological polar surface area (TPSA) is 93.5 Å². The molecule has 0 radical (unpaired) electrons. The predicted octanol–water partition coefficient (Wildman–Crippen LogP) is 4.13. The third-order valence-corrected chi connectivity index (χ3v) is 3.97. The van der Waals surface area contributed by atoms with E-state index in [-0.39, 0.29) is 5.91 Å². The van der Waals surface area contributed by atoms with Crippen LogP contribution in [0.2, 0.25) is 0 Å². The molecule has 3 amide bonds. The Balaban J connectivity index is 1.48. The smallest absolute Gasteiger partial charge is 0.316 e. The first-order valence-electron chi connectivity index (χ1n) is 8.69. The number of nitrogens with one attached hydrogen (secondary N) is 2. The number of carbonyl (C=O) groups is 2. The quantitative estimate of drug-likeness (QED) is 0.551. The van der Waals surface area contributed by atoms with Crippen LogP contribution in [-0.4, -0.2) is 18.5 Å². The van der Waals surface area contributed by atoms with Gasteiger partial charge in [-0.2, -0.15) is 0 Å². The molecule has 0 aliphatic carbocycles. The number of urea groups is 1.